The molecular weight excluding hydrogens is 417 g/mol. The van der Waals surface area contributed by atoms with Crippen molar-refractivity contribution in [2.24, 2.45) is 0 Å². The molecule has 0 spiro atoms. The SMILES string of the molecule is COCCOc1c(C)ccc(Nc2ncc(C)c(Nc3ccc4oc(=O)[nH]c4c3)n2)c1F. The fourth-order valence-electron chi connectivity index (χ4n) is 3.07. The third kappa shape index (κ3) is 4.54. The number of H-pyrrole nitrogens is 1. The van der Waals surface area contributed by atoms with Crippen LogP contribution in [-0.4, -0.2) is 35.3 Å². The van der Waals surface area contributed by atoms with Gasteiger partial charge in [-0.1, -0.05) is 6.07 Å². The molecule has 0 fully saturated rings. The van der Waals surface area contributed by atoms with E-state index in [1.54, 1.807) is 50.6 Å². The number of benzene rings is 2. The van der Waals surface area contributed by atoms with E-state index in [4.69, 9.17) is 13.9 Å². The number of hydrogen-bond donors (Lipinski definition) is 3. The van der Waals surface area contributed by atoms with E-state index in [2.05, 4.69) is 25.6 Å². The lowest BCUT2D eigenvalue weighted by Crippen LogP contribution is -2.08. The number of rotatable bonds is 8. The number of aryl methyl sites for hydroxylation is 2. The molecule has 0 saturated heterocycles. The molecule has 32 heavy (non-hydrogen) atoms. The highest BCUT2D eigenvalue weighted by molar-refractivity contribution is 5.78. The van der Waals surface area contributed by atoms with E-state index in [1.807, 2.05) is 6.92 Å². The minimum atomic E-state index is -0.533. The van der Waals surface area contributed by atoms with Crippen LogP contribution in [0.1, 0.15) is 11.1 Å². The Morgan fingerprint density at radius 2 is 1.97 bits per heavy atom. The monoisotopic (exact) mass is 439 g/mol. The maximum Gasteiger partial charge on any atom is 0.417 e. The van der Waals surface area contributed by atoms with E-state index in [0.29, 0.717) is 34.8 Å². The fourth-order valence-corrected chi connectivity index (χ4v) is 3.07. The van der Waals surface area contributed by atoms with Crippen LogP contribution in [0, 0.1) is 19.7 Å². The second-order valence-electron chi connectivity index (χ2n) is 7.12. The minimum Gasteiger partial charge on any atom is -0.488 e. The van der Waals surface area contributed by atoms with Crippen molar-refractivity contribution in [2.45, 2.75) is 13.8 Å². The molecule has 2 heterocycles. The molecule has 0 aliphatic carbocycles. The van der Waals surface area contributed by atoms with Crippen LogP contribution in [0.4, 0.5) is 27.5 Å². The Balaban J connectivity index is 1.57. The van der Waals surface area contributed by atoms with Crippen molar-refractivity contribution in [2.75, 3.05) is 31.0 Å². The van der Waals surface area contributed by atoms with Crippen LogP contribution < -0.4 is 21.1 Å². The fraction of sp³-hybridized carbons (Fsp3) is 0.227. The predicted molar refractivity (Wildman–Crippen MR) is 119 cm³/mol. The molecule has 3 N–H and O–H groups in total. The average Bonchev–Trinajstić information content (AvgIpc) is 3.14. The average molecular weight is 439 g/mol. The number of fused-ring (bicyclic) bond motifs is 1. The van der Waals surface area contributed by atoms with Gasteiger partial charge in [0.1, 0.15) is 12.4 Å². The number of aromatic amines is 1. The molecule has 4 rings (SSSR count). The van der Waals surface area contributed by atoms with Gasteiger partial charge >= 0.3 is 5.76 Å². The molecule has 0 unspecified atom stereocenters. The van der Waals surface area contributed by atoms with Gasteiger partial charge in [0.25, 0.3) is 0 Å². The second kappa shape index (κ2) is 9.06. The summed E-state index contributed by atoms with van der Waals surface area (Å²) in [6.07, 6.45) is 1.62. The largest absolute Gasteiger partial charge is 0.488 e. The number of oxazole rings is 1. The summed E-state index contributed by atoms with van der Waals surface area (Å²) < 4.78 is 30.5. The zero-order chi connectivity index (χ0) is 22.7. The van der Waals surface area contributed by atoms with E-state index in [-0.39, 0.29) is 24.0 Å². The Kier molecular flexibility index (Phi) is 6.04. The van der Waals surface area contributed by atoms with Gasteiger partial charge in [-0.05, 0) is 43.7 Å². The quantitative estimate of drug-likeness (QED) is 0.350. The van der Waals surface area contributed by atoms with Crippen molar-refractivity contribution >= 4 is 34.2 Å². The van der Waals surface area contributed by atoms with Gasteiger partial charge in [0.15, 0.2) is 17.1 Å². The standard InChI is InChI=1S/C22H22FN5O4/c1-12-4-6-15(18(23)19(12)31-9-8-30-3)26-21-24-11-13(2)20(28-21)25-14-5-7-17-16(10-14)27-22(29)32-17/h4-7,10-11H,8-9H2,1-3H3,(H,27,29)(H2,24,25,26,28). The topological polar surface area (TPSA) is 114 Å². The zero-order valence-electron chi connectivity index (χ0n) is 17.8. The predicted octanol–water partition coefficient (Wildman–Crippen LogP) is 4.18. The normalized spacial score (nSPS) is 11.0. The molecular formula is C22H22FN5O4. The number of nitrogens with zero attached hydrogens (tertiary/aromatic N) is 2. The molecule has 0 radical (unpaired) electrons. The molecule has 2 aromatic carbocycles. The van der Waals surface area contributed by atoms with Gasteiger partial charge in [-0.15, -0.1) is 0 Å². The van der Waals surface area contributed by atoms with E-state index in [9.17, 15) is 9.18 Å². The van der Waals surface area contributed by atoms with Crippen molar-refractivity contribution in [1.82, 2.24) is 15.0 Å². The Morgan fingerprint density at radius 3 is 2.78 bits per heavy atom. The molecule has 0 aliphatic heterocycles. The molecule has 10 heteroatoms. The number of halogens is 1. The molecule has 166 valence electrons. The zero-order valence-corrected chi connectivity index (χ0v) is 17.8. The molecule has 4 aromatic rings. The van der Waals surface area contributed by atoms with Crippen LogP contribution in [0.2, 0.25) is 0 Å². The summed E-state index contributed by atoms with van der Waals surface area (Å²) in [6.45, 7) is 4.20. The van der Waals surface area contributed by atoms with Crippen molar-refractivity contribution in [3.05, 3.63) is 64.0 Å². The maximum absolute atomic E-state index is 15.0. The van der Waals surface area contributed by atoms with Crippen molar-refractivity contribution < 1.29 is 18.3 Å². The van der Waals surface area contributed by atoms with E-state index >= 15 is 0 Å². The molecule has 9 nitrogen and oxygen atoms in total. The lowest BCUT2D eigenvalue weighted by atomic mass is 10.2. The molecule has 0 bridgehead atoms. The van der Waals surface area contributed by atoms with Crippen LogP contribution in [0.15, 0.2) is 45.7 Å². The summed E-state index contributed by atoms with van der Waals surface area (Å²) in [6, 6.07) is 8.53. The molecule has 0 aliphatic rings. The van der Waals surface area contributed by atoms with Crippen molar-refractivity contribution in [1.29, 1.82) is 0 Å². The van der Waals surface area contributed by atoms with E-state index in [1.165, 1.54) is 0 Å². The molecule has 2 aromatic heterocycles. The summed E-state index contributed by atoms with van der Waals surface area (Å²) in [4.78, 5) is 22.7. The smallest absolute Gasteiger partial charge is 0.417 e. The first-order chi connectivity index (χ1) is 15.4. The van der Waals surface area contributed by atoms with Crippen LogP contribution in [0.25, 0.3) is 11.1 Å². The number of nitrogens with one attached hydrogen (secondary N) is 3. The third-order valence-corrected chi connectivity index (χ3v) is 4.73. The van der Waals surface area contributed by atoms with Crippen LogP contribution in [0.5, 0.6) is 5.75 Å². The Hall–Kier alpha value is -3.92. The first-order valence-electron chi connectivity index (χ1n) is 9.86. The van der Waals surface area contributed by atoms with Crippen molar-refractivity contribution in [3.63, 3.8) is 0 Å². The van der Waals surface area contributed by atoms with Gasteiger partial charge in [0.2, 0.25) is 5.95 Å². The second-order valence-corrected chi connectivity index (χ2v) is 7.12. The number of anilines is 4. The molecule has 0 amide bonds. The first kappa shape index (κ1) is 21.3. The summed E-state index contributed by atoms with van der Waals surface area (Å²) in [5.41, 5.74) is 3.36. The van der Waals surface area contributed by atoms with Crippen LogP contribution >= 0.6 is 0 Å². The lowest BCUT2D eigenvalue weighted by Gasteiger charge is -2.14. The highest BCUT2D eigenvalue weighted by Crippen LogP contribution is 2.30. The van der Waals surface area contributed by atoms with Gasteiger partial charge in [-0.2, -0.15) is 4.98 Å². The van der Waals surface area contributed by atoms with Crippen LogP contribution in [-0.2, 0) is 4.74 Å². The van der Waals surface area contributed by atoms with Crippen molar-refractivity contribution in [3.8, 4) is 5.75 Å². The van der Waals surface area contributed by atoms with Gasteiger partial charge in [-0.25, -0.2) is 14.2 Å². The van der Waals surface area contributed by atoms with Gasteiger partial charge in [0, 0.05) is 24.6 Å². The summed E-state index contributed by atoms with van der Waals surface area (Å²) in [5.74, 6) is -0.167. The Bertz CT molecular complexity index is 1320. The summed E-state index contributed by atoms with van der Waals surface area (Å²) >= 11 is 0. The molecule has 0 atom stereocenters. The summed E-state index contributed by atoms with van der Waals surface area (Å²) in [7, 11) is 1.55. The minimum absolute atomic E-state index is 0.153. The Labute approximate surface area is 182 Å². The third-order valence-electron chi connectivity index (χ3n) is 4.73. The first-order valence-corrected chi connectivity index (χ1v) is 9.86. The Morgan fingerprint density at radius 1 is 1.12 bits per heavy atom. The number of methoxy groups -OCH3 is 1. The van der Waals surface area contributed by atoms with E-state index in [0.717, 1.165) is 5.56 Å². The highest BCUT2D eigenvalue weighted by Gasteiger charge is 2.15. The number of hydrogen-bond acceptors (Lipinski definition) is 8. The van der Waals surface area contributed by atoms with Gasteiger partial charge in [0.05, 0.1) is 17.8 Å². The molecule has 0 saturated carbocycles. The van der Waals surface area contributed by atoms with Gasteiger partial charge < -0.3 is 24.5 Å². The number of ether oxygens (including phenoxy) is 2. The van der Waals surface area contributed by atoms with E-state index < -0.39 is 11.6 Å². The lowest BCUT2D eigenvalue weighted by molar-refractivity contribution is 0.143. The van der Waals surface area contributed by atoms with Gasteiger partial charge in [-0.3, -0.25) is 4.98 Å². The maximum atomic E-state index is 15.0. The number of aromatic nitrogens is 3. The highest BCUT2D eigenvalue weighted by atomic mass is 19.1. The summed E-state index contributed by atoms with van der Waals surface area (Å²) in [5, 5.41) is 6.09. The van der Waals surface area contributed by atoms with Crippen LogP contribution in [0.3, 0.4) is 0 Å².